The van der Waals surface area contributed by atoms with Gasteiger partial charge in [0.25, 0.3) is 0 Å². The third-order valence-corrected chi connectivity index (χ3v) is 9.64. The topological polar surface area (TPSA) is 20.2 Å². The first kappa shape index (κ1) is 18.8. The summed E-state index contributed by atoms with van der Waals surface area (Å²) in [6.07, 6.45) is 11.5. The van der Waals surface area contributed by atoms with Crippen LogP contribution in [0.15, 0.2) is 23.8 Å². The van der Waals surface area contributed by atoms with Gasteiger partial charge in [-0.15, -0.1) is 0 Å². The number of hydrogen-bond donors (Lipinski definition) is 1. The van der Waals surface area contributed by atoms with Gasteiger partial charge in [0.15, 0.2) is 0 Å². The third kappa shape index (κ3) is 2.67. The number of allylic oxidation sites excluding steroid dienone is 2. The van der Waals surface area contributed by atoms with E-state index < -0.39 is 0 Å². The molecule has 9 atom stereocenters. The van der Waals surface area contributed by atoms with E-state index in [1.807, 2.05) is 0 Å². The largest absolute Gasteiger partial charge is 0.392 e. The summed E-state index contributed by atoms with van der Waals surface area (Å²) in [7, 11) is 0. The summed E-state index contributed by atoms with van der Waals surface area (Å²) < 4.78 is 0. The van der Waals surface area contributed by atoms with Crippen LogP contribution in [0, 0.1) is 46.3 Å². The lowest BCUT2D eigenvalue weighted by atomic mass is 9.49. The van der Waals surface area contributed by atoms with Crippen LogP contribution in [0.3, 0.4) is 0 Å². The zero-order valence-electron chi connectivity index (χ0n) is 17.7. The molecule has 0 saturated heterocycles. The number of hydrogen-bond acceptors (Lipinski definition) is 1. The summed E-state index contributed by atoms with van der Waals surface area (Å²) in [6, 6.07) is 0. The van der Waals surface area contributed by atoms with Gasteiger partial charge in [0.2, 0.25) is 0 Å². The molecule has 26 heavy (non-hydrogen) atoms. The molecule has 3 fully saturated rings. The van der Waals surface area contributed by atoms with Gasteiger partial charge < -0.3 is 5.11 Å². The van der Waals surface area contributed by atoms with Crippen molar-refractivity contribution in [1.82, 2.24) is 0 Å². The maximum Gasteiger partial charge on any atom is 0.0610 e. The summed E-state index contributed by atoms with van der Waals surface area (Å²) in [4.78, 5) is 0. The zero-order valence-corrected chi connectivity index (χ0v) is 17.7. The molecule has 0 bridgehead atoms. The highest BCUT2D eigenvalue weighted by Gasteiger charge is 2.58. The molecule has 1 N–H and O–H groups in total. The first-order valence-electron chi connectivity index (χ1n) is 11.2. The maximum absolute atomic E-state index is 10.7. The van der Waals surface area contributed by atoms with Gasteiger partial charge in [-0.25, -0.2) is 0 Å². The fourth-order valence-electron chi connectivity index (χ4n) is 8.10. The second-order valence-electron chi connectivity index (χ2n) is 11.3. The molecule has 3 saturated carbocycles. The van der Waals surface area contributed by atoms with E-state index in [9.17, 15) is 5.11 Å². The van der Waals surface area contributed by atoms with E-state index in [0.29, 0.717) is 28.6 Å². The highest BCUT2D eigenvalue weighted by atomic mass is 16.3. The van der Waals surface area contributed by atoms with Crippen LogP contribution in [0.2, 0.25) is 0 Å². The van der Waals surface area contributed by atoms with E-state index in [1.165, 1.54) is 49.7 Å². The van der Waals surface area contributed by atoms with Crippen LogP contribution in [0.25, 0.3) is 0 Å². The average Bonchev–Trinajstić information content (AvgIpc) is 3.03. The molecule has 4 aliphatic rings. The number of rotatable bonds is 1. The molecule has 1 heteroatoms. The summed E-state index contributed by atoms with van der Waals surface area (Å²) in [5.74, 6) is 4.05. The van der Waals surface area contributed by atoms with Crippen LogP contribution in [-0.4, -0.2) is 11.2 Å². The van der Waals surface area contributed by atoms with E-state index >= 15 is 0 Å². The molecule has 4 rings (SSSR count). The van der Waals surface area contributed by atoms with Gasteiger partial charge in [-0.3, -0.25) is 0 Å². The summed E-state index contributed by atoms with van der Waals surface area (Å²) in [6.45, 7) is 16.6. The average molecular weight is 357 g/mol. The number of fused-ring (bicyclic) bond motifs is 4. The van der Waals surface area contributed by atoms with Crippen molar-refractivity contribution in [2.75, 3.05) is 0 Å². The van der Waals surface area contributed by atoms with E-state index in [2.05, 4.69) is 47.3 Å². The van der Waals surface area contributed by atoms with E-state index in [-0.39, 0.29) is 6.10 Å². The molecule has 4 aliphatic carbocycles. The lowest BCUT2D eigenvalue weighted by Crippen LogP contribution is -2.48. The molecule has 0 aromatic heterocycles. The standard InChI is InChI=1S/C25H40O/c1-15(2)18-9-10-24(5)11-12-25(6)14-19-17(4)13-21(26)22(19)16(3)7-8-20(25)23(18)24/h7,17-23,26H,1,8-14H2,2-6H3/t17-,18+,19-,20-,21+,22-,23-,24-,25+/m1/s1. The van der Waals surface area contributed by atoms with Crippen molar-refractivity contribution >= 4 is 0 Å². The van der Waals surface area contributed by atoms with Crippen LogP contribution < -0.4 is 0 Å². The Bertz CT molecular complexity index is 618. The van der Waals surface area contributed by atoms with Gasteiger partial charge >= 0.3 is 0 Å². The van der Waals surface area contributed by atoms with Crippen LogP contribution in [0.4, 0.5) is 0 Å². The first-order chi connectivity index (χ1) is 12.2. The minimum Gasteiger partial charge on any atom is -0.392 e. The van der Waals surface area contributed by atoms with Crippen molar-refractivity contribution in [2.45, 2.75) is 85.7 Å². The number of aliphatic hydroxyl groups excluding tert-OH is 1. The lowest BCUT2D eigenvalue weighted by molar-refractivity contribution is -0.0522. The summed E-state index contributed by atoms with van der Waals surface area (Å²) in [5, 5.41) is 10.7. The Morgan fingerprint density at radius 3 is 2.58 bits per heavy atom. The normalized spacial score (nSPS) is 53.8. The lowest BCUT2D eigenvalue weighted by Gasteiger charge is -2.56. The quantitative estimate of drug-likeness (QED) is 0.540. The van der Waals surface area contributed by atoms with Crippen molar-refractivity contribution in [3.05, 3.63) is 23.8 Å². The summed E-state index contributed by atoms with van der Waals surface area (Å²) >= 11 is 0. The molecule has 0 radical (unpaired) electrons. The van der Waals surface area contributed by atoms with Crippen molar-refractivity contribution in [2.24, 2.45) is 46.3 Å². The predicted octanol–water partition coefficient (Wildman–Crippen LogP) is 6.38. The van der Waals surface area contributed by atoms with Crippen LogP contribution >= 0.6 is 0 Å². The highest BCUT2D eigenvalue weighted by molar-refractivity contribution is 5.19. The molecule has 0 amide bonds. The molecule has 0 aromatic carbocycles. The van der Waals surface area contributed by atoms with Gasteiger partial charge in [-0.05, 0) is 99.2 Å². The Balaban J connectivity index is 1.74. The Kier molecular flexibility index (Phi) is 4.50. The molecule has 0 aliphatic heterocycles. The summed E-state index contributed by atoms with van der Waals surface area (Å²) in [5.41, 5.74) is 3.86. The van der Waals surface area contributed by atoms with Crippen LogP contribution in [0.1, 0.15) is 79.6 Å². The predicted molar refractivity (Wildman–Crippen MR) is 110 cm³/mol. The van der Waals surface area contributed by atoms with Crippen molar-refractivity contribution in [3.63, 3.8) is 0 Å². The number of aliphatic hydroxyl groups is 1. The van der Waals surface area contributed by atoms with Crippen molar-refractivity contribution in [3.8, 4) is 0 Å². The van der Waals surface area contributed by atoms with Gasteiger partial charge in [-0.2, -0.15) is 0 Å². The maximum atomic E-state index is 10.7. The SMILES string of the molecule is C=C(C)[C@@H]1CC[C@]2(C)CC[C@@]3(C)C[C@H]4[C@@H](C(C)=CC[C@@H]3[C@@H]12)[C@@H](O)C[C@H]4C. The molecule has 0 heterocycles. The van der Waals surface area contributed by atoms with E-state index in [4.69, 9.17) is 0 Å². The Labute approximate surface area is 161 Å². The molecule has 146 valence electrons. The van der Waals surface area contributed by atoms with Crippen molar-refractivity contribution in [1.29, 1.82) is 0 Å². The van der Waals surface area contributed by atoms with Gasteiger partial charge in [0.1, 0.15) is 0 Å². The molecular formula is C25H40O. The molecular weight excluding hydrogens is 316 g/mol. The monoisotopic (exact) mass is 356 g/mol. The Hall–Kier alpha value is -0.560. The molecule has 0 spiro atoms. The second-order valence-corrected chi connectivity index (χ2v) is 11.3. The second kappa shape index (κ2) is 6.23. The fraction of sp³-hybridized carbons (Fsp3) is 0.840. The van der Waals surface area contributed by atoms with E-state index in [0.717, 1.165) is 24.2 Å². The van der Waals surface area contributed by atoms with E-state index in [1.54, 1.807) is 0 Å². The minimum absolute atomic E-state index is 0.116. The van der Waals surface area contributed by atoms with Crippen molar-refractivity contribution < 1.29 is 5.11 Å². The Morgan fingerprint density at radius 2 is 1.88 bits per heavy atom. The Morgan fingerprint density at radius 1 is 1.19 bits per heavy atom. The zero-order chi connectivity index (χ0) is 18.9. The van der Waals surface area contributed by atoms with Gasteiger partial charge in [0.05, 0.1) is 6.10 Å². The molecule has 1 nitrogen and oxygen atoms in total. The molecule has 0 unspecified atom stereocenters. The molecule has 0 aromatic rings. The van der Waals surface area contributed by atoms with Gasteiger partial charge in [-0.1, -0.05) is 44.6 Å². The van der Waals surface area contributed by atoms with Gasteiger partial charge in [0, 0.05) is 5.92 Å². The third-order valence-electron chi connectivity index (χ3n) is 9.64. The van der Waals surface area contributed by atoms with Crippen LogP contribution in [0.5, 0.6) is 0 Å². The first-order valence-corrected chi connectivity index (χ1v) is 11.2. The minimum atomic E-state index is -0.116. The highest BCUT2D eigenvalue weighted by Crippen LogP contribution is 2.66. The smallest absolute Gasteiger partial charge is 0.0610 e. The fourth-order valence-corrected chi connectivity index (χ4v) is 8.10. The van der Waals surface area contributed by atoms with Crippen LogP contribution in [-0.2, 0) is 0 Å².